The number of ether oxygens (including phenoxy) is 2. The Morgan fingerprint density at radius 2 is 2.11 bits per heavy atom. The van der Waals surface area contributed by atoms with Gasteiger partial charge in [0.05, 0.1) is 6.61 Å². The van der Waals surface area contributed by atoms with Crippen LogP contribution in [0.2, 0.25) is 0 Å². The van der Waals surface area contributed by atoms with Crippen LogP contribution < -0.4 is 5.32 Å². The lowest BCUT2D eigenvalue weighted by Gasteiger charge is -2.25. The van der Waals surface area contributed by atoms with Gasteiger partial charge in [-0.25, -0.2) is 0 Å². The van der Waals surface area contributed by atoms with E-state index in [1.54, 1.807) is 7.11 Å². The number of hydrogen-bond acceptors (Lipinski definition) is 4. The Labute approximate surface area is 118 Å². The minimum Gasteiger partial charge on any atom is -0.385 e. The molecule has 1 heterocycles. The number of nitrogens with one attached hydrogen (secondary N) is 1. The van der Waals surface area contributed by atoms with Crippen LogP contribution in [-0.2, 0) is 9.47 Å². The Bertz CT molecular complexity index is 212. The van der Waals surface area contributed by atoms with Crippen LogP contribution in [0.1, 0.15) is 33.1 Å². The highest BCUT2D eigenvalue weighted by Crippen LogP contribution is 2.15. The zero-order valence-corrected chi connectivity index (χ0v) is 13.0. The molecule has 1 N–H and O–H groups in total. The third-order valence-corrected chi connectivity index (χ3v) is 3.59. The zero-order valence-electron chi connectivity index (χ0n) is 13.0. The summed E-state index contributed by atoms with van der Waals surface area (Å²) in [5.41, 5.74) is 0. The molecule has 0 aromatic heterocycles. The maximum Gasteiger partial charge on any atom is 0.0593 e. The van der Waals surface area contributed by atoms with E-state index in [0.717, 1.165) is 51.8 Å². The monoisotopic (exact) mass is 272 g/mol. The van der Waals surface area contributed by atoms with Gasteiger partial charge in [0, 0.05) is 39.5 Å². The molecule has 0 aromatic carbocycles. The van der Waals surface area contributed by atoms with Gasteiger partial charge in [-0.2, -0.15) is 0 Å². The summed E-state index contributed by atoms with van der Waals surface area (Å²) in [6, 6.07) is 0.710. The Hall–Kier alpha value is -0.160. The Morgan fingerprint density at radius 1 is 1.26 bits per heavy atom. The van der Waals surface area contributed by atoms with Gasteiger partial charge in [0.2, 0.25) is 0 Å². The van der Waals surface area contributed by atoms with Crippen LogP contribution in [0.25, 0.3) is 0 Å². The van der Waals surface area contributed by atoms with Gasteiger partial charge in [0.15, 0.2) is 0 Å². The van der Waals surface area contributed by atoms with E-state index in [1.807, 2.05) is 0 Å². The molecule has 114 valence electrons. The molecule has 0 radical (unpaired) electrons. The fraction of sp³-hybridized carbons (Fsp3) is 1.00. The topological polar surface area (TPSA) is 33.7 Å². The molecule has 1 saturated heterocycles. The van der Waals surface area contributed by atoms with Crippen molar-refractivity contribution in [3.8, 4) is 0 Å². The van der Waals surface area contributed by atoms with Crippen molar-refractivity contribution in [1.29, 1.82) is 0 Å². The largest absolute Gasteiger partial charge is 0.385 e. The van der Waals surface area contributed by atoms with E-state index < -0.39 is 0 Å². The summed E-state index contributed by atoms with van der Waals surface area (Å²) >= 11 is 0. The summed E-state index contributed by atoms with van der Waals surface area (Å²) < 4.78 is 10.7. The van der Waals surface area contributed by atoms with Gasteiger partial charge in [0.25, 0.3) is 0 Å². The van der Waals surface area contributed by atoms with Crippen LogP contribution in [0.15, 0.2) is 0 Å². The van der Waals surface area contributed by atoms with E-state index >= 15 is 0 Å². The first-order valence-electron chi connectivity index (χ1n) is 7.75. The fourth-order valence-electron chi connectivity index (χ4n) is 2.55. The lowest BCUT2D eigenvalue weighted by molar-refractivity contribution is 0.0807. The third-order valence-electron chi connectivity index (χ3n) is 3.59. The summed E-state index contributed by atoms with van der Waals surface area (Å²) in [6.07, 6.45) is 3.66. The highest BCUT2D eigenvalue weighted by molar-refractivity contribution is 4.80. The van der Waals surface area contributed by atoms with Crippen molar-refractivity contribution in [2.45, 2.75) is 39.2 Å². The predicted molar refractivity (Wildman–Crippen MR) is 79.6 cm³/mol. The molecule has 0 aromatic rings. The zero-order chi connectivity index (χ0) is 13.9. The molecule has 1 aliphatic rings. The van der Waals surface area contributed by atoms with Gasteiger partial charge in [-0.1, -0.05) is 13.8 Å². The van der Waals surface area contributed by atoms with Crippen LogP contribution in [0.4, 0.5) is 0 Å². The van der Waals surface area contributed by atoms with Gasteiger partial charge < -0.3 is 14.8 Å². The van der Waals surface area contributed by atoms with E-state index in [9.17, 15) is 0 Å². The molecule has 1 atom stereocenters. The first-order valence-corrected chi connectivity index (χ1v) is 7.75. The molecule has 4 heteroatoms. The molecule has 1 rings (SSSR count). The van der Waals surface area contributed by atoms with Crippen LogP contribution in [0.3, 0.4) is 0 Å². The summed E-state index contributed by atoms with van der Waals surface area (Å²) in [5.74, 6) is 0.735. The summed E-state index contributed by atoms with van der Waals surface area (Å²) in [5, 5.41) is 3.58. The lowest BCUT2D eigenvalue weighted by atomic mass is 10.2. The first-order chi connectivity index (χ1) is 9.24. The van der Waals surface area contributed by atoms with Crippen LogP contribution in [0.5, 0.6) is 0 Å². The van der Waals surface area contributed by atoms with Gasteiger partial charge in [0.1, 0.15) is 0 Å². The Balaban J connectivity index is 2.04. The minimum atomic E-state index is 0.710. The molecule has 0 bridgehead atoms. The number of hydrogen-bond donors (Lipinski definition) is 1. The van der Waals surface area contributed by atoms with E-state index in [0.29, 0.717) is 6.04 Å². The third kappa shape index (κ3) is 7.88. The summed E-state index contributed by atoms with van der Waals surface area (Å²) in [6.45, 7) is 11.5. The molecule has 19 heavy (non-hydrogen) atoms. The van der Waals surface area contributed by atoms with Gasteiger partial charge in [-0.05, 0) is 38.3 Å². The van der Waals surface area contributed by atoms with Crippen molar-refractivity contribution < 1.29 is 9.47 Å². The molecule has 0 amide bonds. The van der Waals surface area contributed by atoms with E-state index in [4.69, 9.17) is 9.47 Å². The second-order valence-electron chi connectivity index (χ2n) is 5.84. The van der Waals surface area contributed by atoms with Gasteiger partial charge in [-0.15, -0.1) is 0 Å². The lowest BCUT2D eigenvalue weighted by Crippen LogP contribution is -2.40. The summed E-state index contributed by atoms with van der Waals surface area (Å²) in [7, 11) is 1.74. The molecular weight excluding hydrogens is 240 g/mol. The van der Waals surface area contributed by atoms with E-state index in [-0.39, 0.29) is 0 Å². The highest BCUT2D eigenvalue weighted by atomic mass is 16.5. The number of nitrogens with zero attached hydrogens (tertiary/aromatic N) is 1. The standard InChI is InChI=1S/C15H32N2O2/c1-14(2)12-16-13-15-6-4-7-17(15)8-11-19-10-5-9-18-3/h14-16H,4-13H2,1-3H3. The molecule has 0 spiro atoms. The highest BCUT2D eigenvalue weighted by Gasteiger charge is 2.23. The predicted octanol–water partition coefficient (Wildman–Crippen LogP) is 1.75. The molecule has 1 aliphatic heterocycles. The number of rotatable bonds is 11. The molecule has 0 aliphatic carbocycles. The maximum absolute atomic E-state index is 5.65. The molecular formula is C15H32N2O2. The van der Waals surface area contributed by atoms with Crippen molar-refractivity contribution in [3.63, 3.8) is 0 Å². The van der Waals surface area contributed by atoms with Crippen LogP contribution >= 0.6 is 0 Å². The van der Waals surface area contributed by atoms with Crippen molar-refractivity contribution >= 4 is 0 Å². The minimum absolute atomic E-state index is 0.710. The van der Waals surface area contributed by atoms with Crippen molar-refractivity contribution in [1.82, 2.24) is 10.2 Å². The van der Waals surface area contributed by atoms with E-state index in [1.165, 1.54) is 19.4 Å². The van der Waals surface area contributed by atoms with Crippen LogP contribution in [0, 0.1) is 5.92 Å². The van der Waals surface area contributed by atoms with Crippen molar-refractivity contribution in [2.75, 3.05) is 53.1 Å². The van der Waals surface area contributed by atoms with Gasteiger partial charge in [-0.3, -0.25) is 4.90 Å². The van der Waals surface area contributed by atoms with Crippen molar-refractivity contribution in [3.05, 3.63) is 0 Å². The second-order valence-corrected chi connectivity index (χ2v) is 5.84. The molecule has 1 unspecified atom stereocenters. The van der Waals surface area contributed by atoms with Crippen LogP contribution in [-0.4, -0.2) is 64.1 Å². The maximum atomic E-state index is 5.65. The van der Waals surface area contributed by atoms with E-state index in [2.05, 4.69) is 24.1 Å². The molecule has 4 nitrogen and oxygen atoms in total. The smallest absolute Gasteiger partial charge is 0.0593 e. The number of methoxy groups -OCH3 is 1. The van der Waals surface area contributed by atoms with Crippen molar-refractivity contribution in [2.24, 2.45) is 5.92 Å². The van der Waals surface area contributed by atoms with Gasteiger partial charge >= 0.3 is 0 Å². The Kier molecular flexibility index (Phi) is 9.43. The summed E-state index contributed by atoms with van der Waals surface area (Å²) in [4.78, 5) is 2.57. The normalized spacial score (nSPS) is 20.5. The Morgan fingerprint density at radius 3 is 2.84 bits per heavy atom. The first kappa shape index (κ1) is 16.9. The average molecular weight is 272 g/mol. The second kappa shape index (κ2) is 10.6. The average Bonchev–Trinajstić information content (AvgIpc) is 2.81. The quantitative estimate of drug-likeness (QED) is 0.581. The SMILES string of the molecule is COCCCOCCN1CCCC1CNCC(C)C. The molecule has 0 saturated carbocycles. The molecule has 1 fully saturated rings. The number of likely N-dealkylation sites (tertiary alicyclic amines) is 1. The fourth-order valence-corrected chi connectivity index (χ4v) is 2.55.